The zero-order chi connectivity index (χ0) is 23.7. The van der Waals surface area contributed by atoms with Crippen molar-refractivity contribution in [2.45, 2.75) is 13.1 Å². The summed E-state index contributed by atoms with van der Waals surface area (Å²) in [5.74, 6) is -0.301. The molecule has 0 aliphatic carbocycles. The molecular formula is C25H22ClN3O4S. The first kappa shape index (κ1) is 22.7. The van der Waals surface area contributed by atoms with Gasteiger partial charge in [-0.3, -0.25) is 19.3 Å². The number of halogens is 1. The Morgan fingerprint density at radius 2 is 1.79 bits per heavy atom. The minimum Gasteiger partial charge on any atom is -0.378 e. The Kier molecular flexibility index (Phi) is 6.45. The van der Waals surface area contributed by atoms with Crippen LogP contribution in [0.3, 0.4) is 0 Å². The molecule has 5 rings (SSSR count). The number of carbonyl (C=O) groups is 3. The number of hydrogen-bond acceptors (Lipinski definition) is 5. The van der Waals surface area contributed by atoms with Gasteiger partial charge in [-0.1, -0.05) is 41.9 Å². The number of amides is 3. The Hall–Kier alpha value is -3.07. The molecule has 0 saturated carbocycles. The van der Waals surface area contributed by atoms with Crippen LogP contribution >= 0.6 is 23.4 Å². The number of fused-ring (bicyclic) bond motifs is 1. The van der Waals surface area contributed by atoms with Gasteiger partial charge in [-0.05, 0) is 41.6 Å². The van der Waals surface area contributed by atoms with Crippen molar-refractivity contribution in [3.63, 3.8) is 0 Å². The number of nitrogens with zero attached hydrogens (tertiary/aromatic N) is 3. The molecule has 174 valence electrons. The molecule has 3 heterocycles. The summed E-state index contributed by atoms with van der Waals surface area (Å²) in [5.41, 5.74) is 2.52. The lowest BCUT2D eigenvalue weighted by Gasteiger charge is -2.27. The van der Waals surface area contributed by atoms with E-state index in [1.54, 1.807) is 35.2 Å². The van der Waals surface area contributed by atoms with Crippen molar-refractivity contribution in [3.8, 4) is 0 Å². The number of carbonyl (C=O) groups excluding carboxylic acids is 3. The van der Waals surface area contributed by atoms with E-state index in [1.165, 1.54) is 4.90 Å². The van der Waals surface area contributed by atoms with Gasteiger partial charge in [-0.25, -0.2) is 0 Å². The maximum absolute atomic E-state index is 13.0. The molecule has 0 bridgehead atoms. The van der Waals surface area contributed by atoms with Gasteiger partial charge in [0.05, 0.1) is 24.7 Å². The quantitative estimate of drug-likeness (QED) is 0.491. The van der Waals surface area contributed by atoms with Crippen LogP contribution in [-0.2, 0) is 27.4 Å². The zero-order valence-corrected chi connectivity index (χ0v) is 19.8. The third-order valence-electron chi connectivity index (χ3n) is 5.90. The Morgan fingerprint density at radius 3 is 2.56 bits per heavy atom. The van der Waals surface area contributed by atoms with Crippen LogP contribution in [0.25, 0.3) is 17.0 Å². The molecule has 1 aromatic heterocycles. The van der Waals surface area contributed by atoms with Crippen molar-refractivity contribution in [1.82, 2.24) is 14.4 Å². The lowest BCUT2D eigenvalue weighted by molar-refractivity contribution is -0.135. The van der Waals surface area contributed by atoms with E-state index >= 15 is 0 Å². The summed E-state index contributed by atoms with van der Waals surface area (Å²) in [6.45, 7) is 2.67. The number of imide groups is 1. The second-order valence-corrected chi connectivity index (χ2v) is 9.55. The number of thioether (sulfide) groups is 1. The molecule has 3 amide bonds. The van der Waals surface area contributed by atoms with Crippen LogP contribution in [0, 0.1) is 0 Å². The highest BCUT2D eigenvalue weighted by molar-refractivity contribution is 8.18. The molecule has 2 fully saturated rings. The fraction of sp³-hybridized carbons (Fsp3) is 0.240. The molecule has 7 nitrogen and oxygen atoms in total. The fourth-order valence-corrected chi connectivity index (χ4v) is 5.08. The third-order valence-corrected chi connectivity index (χ3v) is 7.06. The molecule has 9 heteroatoms. The van der Waals surface area contributed by atoms with Crippen molar-refractivity contribution in [1.29, 1.82) is 0 Å². The van der Waals surface area contributed by atoms with Gasteiger partial charge in [0.1, 0.15) is 6.54 Å². The summed E-state index contributed by atoms with van der Waals surface area (Å²) in [6, 6.07) is 14.8. The summed E-state index contributed by atoms with van der Waals surface area (Å²) in [7, 11) is 0. The lowest BCUT2D eigenvalue weighted by Crippen LogP contribution is -2.42. The van der Waals surface area contributed by atoms with Crippen molar-refractivity contribution >= 4 is 57.4 Å². The number of morpholine rings is 1. The van der Waals surface area contributed by atoms with Gasteiger partial charge >= 0.3 is 0 Å². The standard InChI is InChI=1S/C25H22ClN3O4S/c26-19-7-5-17(6-8-19)14-29-24(31)22(34-25(29)32)13-18-15-28(21-4-2-1-3-20(18)21)16-23(30)27-9-11-33-12-10-27/h1-8,13,15H,9-12,14,16H2/b22-13+. The second-order valence-electron chi connectivity index (χ2n) is 8.12. The van der Waals surface area contributed by atoms with E-state index in [4.69, 9.17) is 16.3 Å². The number of aromatic nitrogens is 1. The average Bonchev–Trinajstić information content (AvgIpc) is 3.33. The smallest absolute Gasteiger partial charge is 0.293 e. The summed E-state index contributed by atoms with van der Waals surface area (Å²) in [6.07, 6.45) is 3.61. The highest BCUT2D eigenvalue weighted by Gasteiger charge is 2.35. The van der Waals surface area contributed by atoms with E-state index < -0.39 is 0 Å². The van der Waals surface area contributed by atoms with Crippen LogP contribution < -0.4 is 0 Å². The SMILES string of the molecule is O=C(Cn1cc(/C=C2/SC(=O)N(Cc3ccc(Cl)cc3)C2=O)c2ccccc21)N1CCOCC1. The first-order valence-corrected chi connectivity index (χ1v) is 12.1. The van der Waals surface area contributed by atoms with E-state index in [1.807, 2.05) is 35.0 Å². The highest BCUT2D eigenvalue weighted by atomic mass is 35.5. The summed E-state index contributed by atoms with van der Waals surface area (Å²) in [4.78, 5) is 41.8. The van der Waals surface area contributed by atoms with Crippen LogP contribution in [-0.4, -0.2) is 57.7 Å². The summed E-state index contributed by atoms with van der Waals surface area (Å²) >= 11 is 6.86. The predicted molar refractivity (Wildman–Crippen MR) is 132 cm³/mol. The maximum Gasteiger partial charge on any atom is 0.293 e. The van der Waals surface area contributed by atoms with Gasteiger partial charge in [0.15, 0.2) is 0 Å². The van der Waals surface area contributed by atoms with Crippen LogP contribution in [0.2, 0.25) is 5.02 Å². The molecule has 0 radical (unpaired) electrons. The second kappa shape index (κ2) is 9.66. The van der Waals surface area contributed by atoms with Gasteiger partial charge in [-0.15, -0.1) is 0 Å². The van der Waals surface area contributed by atoms with Crippen molar-refractivity contribution < 1.29 is 19.1 Å². The van der Waals surface area contributed by atoms with Crippen molar-refractivity contribution in [2.24, 2.45) is 0 Å². The molecular weight excluding hydrogens is 474 g/mol. The van der Waals surface area contributed by atoms with Gasteiger partial charge in [0, 0.05) is 40.8 Å². The maximum atomic E-state index is 13.0. The Morgan fingerprint density at radius 1 is 1.06 bits per heavy atom. The topological polar surface area (TPSA) is 71.9 Å². The summed E-state index contributed by atoms with van der Waals surface area (Å²) < 4.78 is 7.24. The Bertz CT molecular complexity index is 1300. The van der Waals surface area contributed by atoms with Crippen molar-refractivity contribution in [3.05, 3.63) is 75.8 Å². The zero-order valence-electron chi connectivity index (χ0n) is 18.3. The third kappa shape index (κ3) is 4.61. The number of para-hydroxylation sites is 1. The van der Waals surface area contributed by atoms with E-state index in [2.05, 4.69) is 0 Å². The number of benzene rings is 2. The minimum atomic E-state index is -0.328. The van der Waals surface area contributed by atoms with Crippen molar-refractivity contribution in [2.75, 3.05) is 26.3 Å². The van der Waals surface area contributed by atoms with E-state index in [9.17, 15) is 14.4 Å². The van der Waals surface area contributed by atoms with E-state index in [0.717, 1.165) is 33.8 Å². The normalized spacial score (nSPS) is 17.9. The molecule has 3 aromatic rings. The molecule has 34 heavy (non-hydrogen) atoms. The average molecular weight is 496 g/mol. The van der Waals surface area contributed by atoms with Gasteiger partial charge in [-0.2, -0.15) is 0 Å². The lowest BCUT2D eigenvalue weighted by atomic mass is 10.1. The first-order chi connectivity index (χ1) is 16.5. The monoisotopic (exact) mass is 495 g/mol. The molecule has 0 atom stereocenters. The van der Waals surface area contributed by atoms with Crippen LogP contribution in [0.4, 0.5) is 4.79 Å². The van der Waals surface area contributed by atoms with Gasteiger partial charge < -0.3 is 14.2 Å². The summed E-state index contributed by atoms with van der Waals surface area (Å²) in [5, 5.41) is 1.21. The molecule has 2 aliphatic heterocycles. The van der Waals surface area contributed by atoms with Gasteiger partial charge in [0.2, 0.25) is 5.91 Å². The largest absolute Gasteiger partial charge is 0.378 e. The number of ether oxygens (including phenoxy) is 1. The molecule has 0 spiro atoms. The fourth-order valence-electron chi connectivity index (χ4n) is 4.13. The number of rotatable bonds is 5. The first-order valence-electron chi connectivity index (χ1n) is 10.9. The molecule has 0 N–H and O–H groups in total. The Balaban J connectivity index is 1.40. The minimum absolute atomic E-state index is 0.0268. The van der Waals surface area contributed by atoms with Crippen LogP contribution in [0.5, 0.6) is 0 Å². The van der Waals surface area contributed by atoms with Gasteiger partial charge in [0.25, 0.3) is 11.1 Å². The Labute approximate surface area is 205 Å². The van der Waals surface area contributed by atoms with Crippen LogP contribution in [0.1, 0.15) is 11.1 Å². The van der Waals surface area contributed by atoms with Crippen LogP contribution in [0.15, 0.2) is 59.6 Å². The number of hydrogen-bond donors (Lipinski definition) is 0. The van der Waals surface area contributed by atoms with E-state index in [-0.39, 0.29) is 30.1 Å². The van der Waals surface area contributed by atoms with E-state index in [0.29, 0.717) is 36.2 Å². The molecule has 2 saturated heterocycles. The molecule has 0 unspecified atom stereocenters. The predicted octanol–water partition coefficient (Wildman–Crippen LogP) is 4.39. The molecule has 2 aliphatic rings. The highest BCUT2D eigenvalue weighted by Crippen LogP contribution is 2.35. The molecule has 2 aromatic carbocycles.